The Morgan fingerprint density at radius 3 is 2.78 bits per heavy atom. The first kappa shape index (κ1) is 14.2. The van der Waals surface area contributed by atoms with Crippen LogP contribution < -0.4 is 4.74 Å². The van der Waals surface area contributed by atoms with Crippen LogP contribution in [0.1, 0.15) is 22.3 Å². The van der Waals surface area contributed by atoms with Crippen molar-refractivity contribution in [1.82, 2.24) is 4.98 Å². The Balaban J connectivity index is 2.89. The molecule has 96 valence electrons. The molecule has 0 fully saturated rings. The van der Waals surface area contributed by atoms with Gasteiger partial charge >= 0.3 is 5.97 Å². The van der Waals surface area contributed by atoms with Gasteiger partial charge in [0.25, 0.3) is 5.19 Å². The Kier molecular flexibility index (Phi) is 5.32. The van der Waals surface area contributed by atoms with E-state index in [9.17, 15) is 4.79 Å². The van der Waals surface area contributed by atoms with Gasteiger partial charge in [0.15, 0.2) is 5.69 Å². The van der Waals surface area contributed by atoms with Crippen molar-refractivity contribution >= 4 is 17.3 Å². The van der Waals surface area contributed by atoms with Crippen LogP contribution in [0.2, 0.25) is 0 Å². The predicted molar refractivity (Wildman–Crippen MR) is 71.9 cm³/mol. The molecule has 1 rings (SSSR count). The van der Waals surface area contributed by atoms with Crippen LogP contribution in [0.25, 0.3) is 0 Å². The van der Waals surface area contributed by atoms with Crippen LogP contribution in [0.5, 0.6) is 5.19 Å². The van der Waals surface area contributed by atoms with Gasteiger partial charge in [0, 0.05) is 4.88 Å². The summed E-state index contributed by atoms with van der Waals surface area (Å²) in [4.78, 5) is 16.3. The van der Waals surface area contributed by atoms with Gasteiger partial charge in [-0.1, -0.05) is 30.1 Å². The van der Waals surface area contributed by atoms with Gasteiger partial charge < -0.3 is 9.47 Å². The molecule has 0 saturated carbocycles. The molecule has 0 bridgehead atoms. The average Bonchev–Trinajstić information content (AvgIpc) is 2.74. The number of methoxy groups -OCH3 is 1. The fraction of sp³-hybridized carbons (Fsp3) is 0.231. The maximum atomic E-state index is 11.4. The van der Waals surface area contributed by atoms with Crippen LogP contribution in [0.3, 0.4) is 0 Å². The molecule has 0 N–H and O–H groups in total. The molecule has 0 atom stereocenters. The van der Waals surface area contributed by atoms with E-state index in [2.05, 4.69) is 16.3 Å². The van der Waals surface area contributed by atoms with Gasteiger partial charge in [0.2, 0.25) is 0 Å². The number of esters is 1. The molecule has 18 heavy (non-hydrogen) atoms. The minimum Gasteiger partial charge on any atom is -0.464 e. The predicted octanol–water partition coefficient (Wildman–Crippen LogP) is 3.26. The maximum Gasteiger partial charge on any atom is 0.357 e. The van der Waals surface area contributed by atoms with E-state index in [1.54, 1.807) is 31.2 Å². The van der Waals surface area contributed by atoms with E-state index in [0.717, 1.165) is 4.88 Å². The van der Waals surface area contributed by atoms with Crippen LogP contribution in [0.15, 0.2) is 36.6 Å². The summed E-state index contributed by atoms with van der Waals surface area (Å²) in [5.41, 5.74) is 0.292. The van der Waals surface area contributed by atoms with Gasteiger partial charge in [-0.05, 0) is 26.0 Å². The molecule has 0 aliphatic heterocycles. The molecule has 0 spiro atoms. The average molecular weight is 265 g/mol. The Morgan fingerprint density at radius 1 is 1.50 bits per heavy atom. The van der Waals surface area contributed by atoms with Crippen molar-refractivity contribution in [3.63, 3.8) is 0 Å². The Hall–Kier alpha value is -1.88. The summed E-state index contributed by atoms with van der Waals surface area (Å²) in [6.07, 6.45) is 6.98. The molecular formula is C13H15NO3S. The van der Waals surface area contributed by atoms with Gasteiger partial charge in [0.05, 0.1) is 7.11 Å². The molecule has 5 heteroatoms. The van der Waals surface area contributed by atoms with Gasteiger partial charge in [0.1, 0.15) is 5.76 Å². The SMILES string of the molecule is C=C/C=C\C(=C/C)Oc1nc(C(=O)OC)c(C)s1. The Morgan fingerprint density at radius 2 is 2.22 bits per heavy atom. The minimum atomic E-state index is -0.456. The summed E-state index contributed by atoms with van der Waals surface area (Å²) in [5.74, 6) is 0.183. The third-order valence-electron chi connectivity index (χ3n) is 2.04. The van der Waals surface area contributed by atoms with Gasteiger partial charge in [-0.3, -0.25) is 0 Å². The normalized spacial score (nSPS) is 11.6. The first-order valence-corrected chi connectivity index (χ1v) is 6.13. The van der Waals surface area contributed by atoms with Crippen molar-refractivity contribution < 1.29 is 14.3 Å². The molecule has 0 aliphatic rings. The molecule has 0 radical (unpaired) electrons. The molecule has 1 aromatic heterocycles. The lowest BCUT2D eigenvalue weighted by atomic mass is 10.4. The molecule has 0 amide bonds. The highest BCUT2D eigenvalue weighted by Crippen LogP contribution is 2.26. The smallest absolute Gasteiger partial charge is 0.357 e. The number of allylic oxidation sites excluding steroid dienone is 4. The highest BCUT2D eigenvalue weighted by molar-refractivity contribution is 7.13. The van der Waals surface area contributed by atoms with Crippen molar-refractivity contribution in [3.05, 3.63) is 47.2 Å². The van der Waals surface area contributed by atoms with E-state index >= 15 is 0 Å². The number of rotatable bonds is 5. The van der Waals surface area contributed by atoms with Gasteiger partial charge in [-0.25, -0.2) is 4.79 Å². The van der Waals surface area contributed by atoms with Crippen molar-refractivity contribution in [2.24, 2.45) is 0 Å². The molecule has 4 nitrogen and oxygen atoms in total. The molecule has 1 heterocycles. The molecule has 0 saturated heterocycles. The second-order valence-corrected chi connectivity index (χ2v) is 4.43. The zero-order valence-corrected chi connectivity index (χ0v) is 11.4. The highest BCUT2D eigenvalue weighted by Gasteiger charge is 2.16. The molecule has 1 aromatic rings. The van der Waals surface area contributed by atoms with Crippen LogP contribution in [0, 0.1) is 6.92 Å². The number of carbonyl (C=O) groups excluding carboxylic acids is 1. The quantitative estimate of drug-likeness (QED) is 0.466. The fourth-order valence-corrected chi connectivity index (χ4v) is 1.92. The molecule has 0 aromatic carbocycles. The van der Waals surface area contributed by atoms with Crippen LogP contribution >= 0.6 is 11.3 Å². The third-order valence-corrected chi connectivity index (χ3v) is 2.89. The van der Waals surface area contributed by atoms with E-state index < -0.39 is 5.97 Å². The number of aromatic nitrogens is 1. The number of nitrogens with zero attached hydrogens (tertiary/aromatic N) is 1. The van der Waals surface area contributed by atoms with Crippen molar-refractivity contribution in [3.8, 4) is 5.19 Å². The Labute approximate surface area is 110 Å². The maximum absolute atomic E-state index is 11.4. The molecule has 0 unspecified atom stereocenters. The summed E-state index contributed by atoms with van der Waals surface area (Å²) in [6, 6.07) is 0. The van der Waals surface area contributed by atoms with E-state index in [4.69, 9.17) is 4.74 Å². The van der Waals surface area contributed by atoms with Crippen LogP contribution in [-0.4, -0.2) is 18.1 Å². The lowest BCUT2D eigenvalue weighted by molar-refractivity contribution is 0.0593. The number of thiazole rings is 1. The molecule has 0 aliphatic carbocycles. The fourth-order valence-electron chi connectivity index (χ4n) is 1.15. The lowest BCUT2D eigenvalue weighted by Gasteiger charge is -2.00. The van der Waals surface area contributed by atoms with Gasteiger partial charge in [-0.2, -0.15) is 4.98 Å². The third kappa shape index (κ3) is 3.56. The summed E-state index contributed by atoms with van der Waals surface area (Å²) < 4.78 is 10.2. The summed E-state index contributed by atoms with van der Waals surface area (Å²) >= 11 is 1.30. The zero-order valence-electron chi connectivity index (χ0n) is 10.6. The lowest BCUT2D eigenvalue weighted by Crippen LogP contribution is -2.03. The second-order valence-electron chi connectivity index (χ2n) is 3.26. The number of aryl methyl sites for hydroxylation is 1. The van der Waals surface area contributed by atoms with E-state index in [1.807, 2.05) is 6.92 Å². The van der Waals surface area contributed by atoms with Gasteiger partial charge in [-0.15, -0.1) is 0 Å². The van der Waals surface area contributed by atoms with Crippen molar-refractivity contribution in [2.45, 2.75) is 13.8 Å². The number of hydrogen-bond acceptors (Lipinski definition) is 5. The standard InChI is InChI=1S/C13H15NO3S/c1-5-7-8-10(6-2)17-13-14-11(9(3)18-13)12(15)16-4/h5-8H,1H2,2-4H3/b8-7-,10-6+. The monoisotopic (exact) mass is 265 g/mol. The summed E-state index contributed by atoms with van der Waals surface area (Å²) in [6.45, 7) is 7.23. The van der Waals surface area contributed by atoms with Crippen LogP contribution in [0.4, 0.5) is 0 Å². The summed E-state index contributed by atoms with van der Waals surface area (Å²) in [5, 5.41) is 0.412. The first-order chi connectivity index (χ1) is 8.62. The van der Waals surface area contributed by atoms with Crippen molar-refractivity contribution in [2.75, 3.05) is 7.11 Å². The highest BCUT2D eigenvalue weighted by atomic mass is 32.1. The number of hydrogen-bond donors (Lipinski definition) is 0. The molecular weight excluding hydrogens is 250 g/mol. The first-order valence-electron chi connectivity index (χ1n) is 5.31. The van der Waals surface area contributed by atoms with E-state index in [0.29, 0.717) is 16.6 Å². The van der Waals surface area contributed by atoms with Crippen molar-refractivity contribution in [1.29, 1.82) is 0 Å². The minimum absolute atomic E-state index is 0.292. The Bertz CT molecular complexity index is 500. The van der Waals surface area contributed by atoms with E-state index in [1.165, 1.54) is 18.4 Å². The van der Waals surface area contributed by atoms with Crippen LogP contribution in [-0.2, 0) is 4.74 Å². The largest absolute Gasteiger partial charge is 0.464 e. The summed E-state index contributed by atoms with van der Waals surface area (Å²) in [7, 11) is 1.33. The van der Waals surface area contributed by atoms with E-state index in [-0.39, 0.29) is 0 Å². The zero-order chi connectivity index (χ0) is 13.5. The number of carbonyl (C=O) groups is 1. The number of ether oxygens (including phenoxy) is 2. The topological polar surface area (TPSA) is 48.4 Å². The second kappa shape index (κ2) is 6.76.